The molecule has 3 rings (SSSR count). The molecule has 6 nitrogen and oxygen atoms in total. The Labute approximate surface area is 174 Å². The van der Waals surface area contributed by atoms with Gasteiger partial charge in [-0.2, -0.15) is 0 Å². The number of fused-ring (bicyclic) bond motifs is 1. The van der Waals surface area contributed by atoms with Crippen LogP contribution in [-0.2, 0) is 22.5 Å². The van der Waals surface area contributed by atoms with Gasteiger partial charge in [0.05, 0.1) is 12.2 Å². The van der Waals surface area contributed by atoms with Crippen molar-refractivity contribution in [2.75, 3.05) is 25.5 Å². The van der Waals surface area contributed by atoms with Crippen LogP contribution in [0.3, 0.4) is 0 Å². The molecule has 0 bridgehead atoms. The maximum Gasteiger partial charge on any atom is 0.341 e. The smallest absolute Gasteiger partial charge is 0.341 e. The lowest BCUT2D eigenvalue weighted by molar-refractivity contribution is -0.116. The molecule has 2 aromatic rings. The van der Waals surface area contributed by atoms with E-state index in [0.29, 0.717) is 16.1 Å². The first-order valence-electron chi connectivity index (χ1n) is 9.79. The third-order valence-corrected chi connectivity index (χ3v) is 6.07. The topological polar surface area (TPSA) is 75.7 Å². The first-order valence-corrected chi connectivity index (χ1v) is 10.6. The fourth-order valence-electron chi connectivity index (χ4n) is 3.34. The van der Waals surface area contributed by atoms with Gasteiger partial charge in [0.2, 0.25) is 5.91 Å². The number of ketones is 1. The average molecular weight is 415 g/mol. The standard InChI is InChI=1S/C22H26N2O4S/c1-4-28-22(27)20-16-11-12-24(3)13-18(16)29-21(20)23-19(26)10-9-17(25)15-7-5-14(2)6-8-15/h5-8H,4,9-13H2,1-3H3,(H,23,26). The normalized spacial score (nSPS) is 13.6. The second-order valence-electron chi connectivity index (χ2n) is 7.25. The highest BCUT2D eigenvalue weighted by molar-refractivity contribution is 7.17. The van der Waals surface area contributed by atoms with Crippen molar-refractivity contribution in [2.24, 2.45) is 0 Å². The van der Waals surface area contributed by atoms with Crippen molar-refractivity contribution >= 4 is 34.0 Å². The number of nitrogens with one attached hydrogen (secondary N) is 1. The number of nitrogens with zero attached hydrogens (tertiary/aromatic N) is 1. The van der Waals surface area contributed by atoms with E-state index in [4.69, 9.17) is 4.74 Å². The van der Waals surface area contributed by atoms with Crippen molar-refractivity contribution in [2.45, 2.75) is 39.7 Å². The molecule has 0 saturated heterocycles. The quantitative estimate of drug-likeness (QED) is 0.551. The number of carbonyl (C=O) groups excluding carboxylic acids is 3. The molecule has 2 heterocycles. The number of anilines is 1. The Morgan fingerprint density at radius 1 is 1.17 bits per heavy atom. The Balaban J connectivity index is 1.70. The molecule has 1 aromatic carbocycles. The number of aryl methyl sites for hydroxylation is 1. The Hall–Kier alpha value is -2.51. The zero-order valence-electron chi connectivity index (χ0n) is 17.0. The van der Waals surface area contributed by atoms with Crippen LogP contribution < -0.4 is 5.32 Å². The summed E-state index contributed by atoms with van der Waals surface area (Å²) in [5.74, 6) is -0.749. The van der Waals surface area contributed by atoms with E-state index in [9.17, 15) is 14.4 Å². The predicted octanol–water partition coefficient (Wildman–Crippen LogP) is 3.82. The van der Waals surface area contributed by atoms with Crippen molar-refractivity contribution < 1.29 is 19.1 Å². The molecule has 0 aliphatic carbocycles. The SMILES string of the molecule is CCOC(=O)c1c(NC(=O)CCC(=O)c2ccc(C)cc2)sc2c1CCN(C)C2. The van der Waals surface area contributed by atoms with E-state index in [0.717, 1.165) is 35.5 Å². The minimum absolute atomic E-state index is 0.0669. The highest BCUT2D eigenvalue weighted by atomic mass is 32.1. The number of rotatable bonds is 7. The van der Waals surface area contributed by atoms with Crippen LogP contribution in [0, 0.1) is 6.92 Å². The molecule has 0 atom stereocenters. The van der Waals surface area contributed by atoms with Gasteiger partial charge in [-0.25, -0.2) is 4.79 Å². The lowest BCUT2D eigenvalue weighted by atomic mass is 10.0. The van der Waals surface area contributed by atoms with Gasteiger partial charge in [-0.05, 0) is 32.9 Å². The number of benzene rings is 1. The van der Waals surface area contributed by atoms with E-state index < -0.39 is 5.97 Å². The molecule has 0 radical (unpaired) electrons. The van der Waals surface area contributed by atoms with Crippen molar-refractivity contribution in [3.63, 3.8) is 0 Å². The fraction of sp³-hybridized carbons (Fsp3) is 0.409. The van der Waals surface area contributed by atoms with Gasteiger partial charge in [-0.15, -0.1) is 11.3 Å². The van der Waals surface area contributed by atoms with E-state index in [-0.39, 0.29) is 31.1 Å². The number of hydrogen-bond donors (Lipinski definition) is 1. The molecule has 1 aliphatic heterocycles. The molecule has 0 fully saturated rings. The molecule has 0 spiro atoms. The summed E-state index contributed by atoms with van der Waals surface area (Å²) in [4.78, 5) is 40.6. The first kappa shape index (κ1) is 21.2. The molecule has 1 aromatic heterocycles. The molecule has 7 heteroatoms. The molecule has 29 heavy (non-hydrogen) atoms. The average Bonchev–Trinajstić information content (AvgIpc) is 3.03. The molecular weight excluding hydrogens is 388 g/mol. The number of hydrogen-bond acceptors (Lipinski definition) is 6. The highest BCUT2D eigenvalue weighted by Gasteiger charge is 2.28. The summed E-state index contributed by atoms with van der Waals surface area (Å²) in [5, 5.41) is 3.37. The van der Waals surface area contributed by atoms with Crippen LogP contribution >= 0.6 is 11.3 Å². The van der Waals surface area contributed by atoms with E-state index in [2.05, 4.69) is 10.2 Å². The van der Waals surface area contributed by atoms with Crippen LogP contribution in [0.4, 0.5) is 5.00 Å². The zero-order chi connectivity index (χ0) is 21.0. The summed E-state index contributed by atoms with van der Waals surface area (Å²) < 4.78 is 5.22. The number of Topliss-reactive ketones (excluding diaryl/α,β-unsaturated/α-hetero) is 1. The van der Waals surface area contributed by atoms with Crippen LogP contribution in [0.25, 0.3) is 0 Å². The minimum Gasteiger partial charge on any atom is -0.462 e. The number of esters is 1. The summed E-state index contributed by atoms with van der Waals surface area (Å²) in [6, 6.07) is 7.31. The van der Waals surface area contributed by atoms with E-state index in [1.54, 1.807) is 19.1 Å². The highest BCUT2D eigenvalue weighted by Crippen LogP contribution is 2.37. The maximum atomic E-state index is 12.5. The predicted molar refractivity (Wildman–Crippen MR) is 114 cm³/mol. The number of thiophene rings is 1. The van der Waals surface area contributed by atoms with Gasteiger partial charge in [-0.3, -0.25) is 9.59 Å². The van der Waals surface area contributed by atoms with Gasteiger partial charge < -0.3 is 15.0 Å². The van der Waals surface area contributed by atoms with Crippen molar-refractivity contribution in [3.8, 4) is 0 Å². The van der Waals surface area contributed by atoms with E-state index >= 15 is 0 Å². The van der Waals surface area contributed by atoms with Crippen molar-refractivity contribution in [1.82, 2.24) is 4.90 Å². The fourth-order valence-corrected chi connectivity index (χ4v) is 4.67. The largest absolute Gasteiger partial charge is 0.462 e. The summed E-state index contributed by atoms with van der Waals surface area (Å²) >= 11 is 1.42. The van der Waals surface area contributed by atoms with E-state index in [1.165, 1.54) is 11.3 Å². The van der Waals surface area contributed by atoms with Crippen LogP contribution in [0.5, 0.6) is 0 Å². The van der Waals surface area contributed by atoms with Gasteiger partial charge in [0.1, 0.15) is 5.00 Å². The van der Waals surface area contributed by atoms with Crippen molar-refractivity contribution in [3.05, 3.63) is 51.4 Å². The van der Waals surface area contributed by atoms with E-state index in [1.807, 2.05) is 26.1 Å². The summed E-state index contributed by atoms with van der Waals surface area (Å²) in [6.45, 7) is 5.60. The molecule has 0 unspecified atom stereocenters. The number of likely N-dealkylation sites (N-methyl/N-ethyl adjacent to an activating group) is 1. The first-order chi connectivity index (χ1) is 13.9. The maximum absolute atomic E-state index is 12.5. The zero-order valence-corrected chi connectivity index (χ0v) is 17.9. The van der Waals surface area contributed by atoms with Crippen LogP contribution in [-0.4, -0.2) is 42.8 Å². The summed E-state index contributed by atoms with van der Waals surface area (Å²) in [6.07, 6.45) is 0.938. The van der Waals surface area contributed by atoms with Gasteiger partial charge in [0.15, 0.2) is 5.78 Å². The molecular formula is C22H26N2O4S. The Kier molecular flexibility index (Phi) is 6.82. The number of ether oxygens (including phenoxy) is 1. The van der Waals surface area contributed by atoms with Gasteiger partial charge >= 0.3 is 5.97 Å². The Bertz CT molecular complexity index is 918. The van der Waals surface area contributed by atoms with Crippen LogP contribution in [0.15, 0.2) is 24.3 Å². The molecule has 0 saturated carbocycles. The Morgan fingerprint density at radius 3 is 2.59 bits per heavy atom. The molecule has 1 N–H and O–H groups in total. The number of amides is 1. The second kappa shape index (κ2) is 9.33. The lowest BCUT2D eigenvalue weighted by Crippen LogP contribution is -2.26. The monoisotopic (exact) mass is 414 g/mol. The van der Waals surface area contributed by atoms with Gasteiger partial charge in [0, 0.05) is 36.4 Å². The van der Waals surface area contributed by atoms with Gasteiger partial charge in [-0.1, -0.05) is 29.8 Å². The summed E-state index contributed by atoms with van der Waals surface area (Å²) in [7, 11) is 2.03. The Morgan fingerprint density at radius 2 is 1.90 bits per heavy atom. The molecule has 1 aliphatic rings. The lowest BCUT2D eigenvalue weighted by Gasteiger charge is -2.22. The van der Waals surface area contributed by atoms with Crippen LogP contribution in [0.1, 0.15) is 56.5 Å². The third kappa shape index (κ3) is 5.10. The van der Waals surface area contributed by atoms with Gasteiger partial charge in [0.25, 0.3) is 0 Å². The molecule has 1 amide bonds. The third-order valence-electron chi connectivity index (χ3n) is 4.93. The second-order valence-corrected chi connectivity index (χ2v) is 8.36. The minimum atomic E-state index is -0.402. The van der Waals surface area contributed by atoms with Crippen molar-refractivity contribution in [1.29, 1.82) is 0 Å². The van der Waals surface area contributed by atoms with Crippen LogP contribution in [0.2, 0.25) is 0 Å². The molecule has 154 valence electrons. The number of carbonyl (C=O) groups is 3. The summed E-state index contributed by atoms with van der Waals surface area (Å²) in [5.41, 5.74) is 3.12.